The van der Waals surface area contributed by atoms with Crippen LogP contribution in [0.3, 0.4) is 0 Å². The summed E-state index contributed by atoms with van der Waals surface area (Å²) in [5.74, 6) is -0.0141. The molecule has 5 nitrogen and oxygen atoms in total. The number of piperidine rings is 1. The molecule has 23 heavy (non-hydrogen) atoms. The topological polar surface area (TPSA) is 59.0 Å². The highest BCUT2D eigenvalue weighted by molar-refractivity contribution is 9.10. The second kappa shape index (κ2) is 6.84. The number of amides is 1. The van der Waals surface area contributed by atoms with Gasteiger partial charge in [-0.1, -0.05) is 0 Å². The molecule has 1 atom stereocenters. The second-order valence-electron chi connectivity index (χ2n) is 5.96. The van der Waals surface area contributed by atoms with E-state index in [4.69, 9.17) is 0 Å². The molecule has 1 saturated heterocycles. The smallest absolute Gasteiger partial charge is 0.251 e. The molecule has 1 fully saturated rings. The van der Waals surface area contributed by atoms with Crippen LogP contribution < -0.4 is 10.6 Å². The fourth-order valence-electron chi connectivity index (χ4n) is 2.87. The van der Waals surface area contributed by atoms with Crippen molar-refractivity contribution < 1.29 is 4.79 Å². The Morgan fingerprint density at radius 1 is 1.35 bits per heavy atom. The maximum absolute atomic E-state index is 12.3. The summed E-state index contributed by atoms with van der Waals surface area (Å²) in [5, 5.41) is 10.9. The van der Waals surface area contributed by atoms with Crippen LogP contribution in [-0.2, 0) is 0 Å². The van der Waals surface area contributed by atoms with Crippen LogP contribution in [0, 0.1) is 13.8 Å². The summed E-state index contributed by atoms with van der Waals surface area (Å²) in [5.41, 5.74) is 3.63. The summed E-state index contributed by atoms with van der Waals surface area (Å²) in [6.45, 7) is 5.87. The third-order valence-electron chi connectivity index (χ3n) is 4.21. The molecular weight excluding hydrogens is 356 g/mol. The number of aryl methyl sites for hydroxylation is 1. The summed E-state index contributed by atoms with van der Waals surface area (Å²) < 4.78 is 2.90. The molecule has 6 heteroatoms. The molecule has 2 aromatic rings. The first-order valence-corrected chi connectivity index (χ1v) is 8.69. The van der Waals surface area contributed by atoms with Gasteiger partial charge in [-0.25, -0.2) is 4.68 Å². The van der Waals surface area contributed by atoms with Gasteiger partial charge in [-0.15, -0.1) is 0 Å². The Balaban J connectivity index is 1.73. The molecule has 0 saturated carbocycles. The van der Waals surface area contributed by atoms with Gasteiger partial charge < -0.3 is 10.6 Å². The van der Waals surface area contributed by atoms with Crippen LogP contribution in [-0.4, -0.2) is 34.8 Å². The maximum Gasteiger partial charge on any atom is 0.251 e. The van der Waals surface area contributed by atoms with Gasteiger partial charge in [0.15, 0.2) is 0 Å². The van der Waals surface area contributed by atoms with Crippen molar-refractivity contribution in [2.45, 2.75) is 32.7 Å². The van der Waals surface area contributed by atoms with Crippen molar-refractivity contribution in [1.82, 2.24) is 20.4 Å². The second-order valence-corrected chi connectivity index (χ2v) is 6.75. The number of nitrogens with zero attached hydrogens (tertiary/aromatic N) is 2. The van der Waals surface area contributed by atoms with E-state index in [9.17, 15) is 4.79 Å². The third-order valence-corrected chi connectivity index (χ3v) is 5.36. The molecule has 2 heterocycles. The van der Waals surface area contributed by atoms with E-state index in [1.165, 1.54) is 0 Å². The first kappa shape index (κ1) is 16.2. The zero-order chi connectivity index (χ0) is 16.4. The number of benzene rings is 1. The number of hydrogen-bond donors (Lipinski definition) is 2. The van der Waals surface area contributed by atoms with E-state index < -0.39 is 0 Å². The lowest BCUT2D eigenvalue weighted by Crippen LogP contribution is -2.45. The fraction of sp³-hybridized carbons (Fsp3) is 0.412. The van der Waals surface area contributed by atoms with Gasteiger partial charge >= 0.3 is 0 Å². The number of aromatic nitrogens is 2. The minimum atomic E-state index is -0.0141. The number of carbonyl (C=O) groups is 1. The highest BCUT2D eigenvalue weighted by Gasteiger charge is 2.16. The Morgan fingerprint density at radius 3 is 2.65 bits per heavy atom. The lowest BCUT2D eigenvalue weighted by Gasteiger charge is -2.23. The van der Waals surface area contributed by atoms with E-state index >= 15 is 0 Å². The molecule has 3 rings (SSSR count). The van der Waals surface area contributed by atoms with Crippen molar-refractivity contribution >= 4 is 21.8 Å². The number of hydrogen-bond acceptors (Lipinski definition) is 3. The van der Waals surface area contributed by atoms with Crippen molar-refractivity contribution in [3.63, 3.8) is 0 Å². The number of carbonyl (C=O) groups excluding carboxylic acids is 1. The Labute approximate surface area is 144 Å². The molecule has 1 amide bonds. The number of nitrogens with one attached hydrogen (secondary N) is 2. The number of rotatable bonds is 3. The predicted octanol–water partition coefficient (Wildman–Crippen LogP) is 2.73. The molecular formula is C17H21BrN4O. The van der Waals surface area contributed by atoms with Crippen LogP contribution in [0.1, 0.15) is 34.6 Å². The Morgan fingerprint density at radius 2 is 2.09 bits per heavy atom. The van der Waals surface area contributed by atoms with Gasteiger partial charge in [0.1, 0.15) is 0 Å². The minimum Gasteiger partial charge on any atom is -0.348 e. The van der Waals surface area contributed by atoms with Crippen molar-refractivity contribution in [2.75, 3.05) is 13.1 Å². The van der Waals surface area contributed by atoms with Gasteiger partial charge in [0.2, 0.25) is 0 Å². The Hall–Kier alpha value is -1.66. The van der Waals surface area contributed by atoms with Gasteiger partial charge in [0, 0.05) is 18.2 Å². The molecule has 0 bridgehead atoms. The highest BCUT2D eigenvalue weighted by Crippen LogP contribution is 2.23. The van der Waals surface area contributed by atoms with Gasteiger partial charge in [-0.3, -0.25) is 4.79 Å². The average molecular weight is 377 g/mol. The van der Waals surface area contributed by atoms with Gasteiger partial charge in [-0.2, -0.15) is 5.10 Å². The first-order valence-electron chi connectivity index (χ1n) is 7.90. The zero-order valence-electron chi connectivity index (χ0n) is 13.4. The molecule has 1 aliphatic heterocycles. The predicted molar refractivity (Wildman–Crippen MR) is 94.1 cm³/mol. The summed E-state index contributed by atoms with van der Waals surface area (Å²) in [4.78, 5) is 12.3. The molecule has 1 aromatic carbocycles. The summed E-state index contributed by atoms with van der Waals surface area (Å²) in [6, 6.07) is 7.79. The monoisotopic (exact) mass is 376 g/mol. The van der Waals surface area contributed by atoms with E-state index in [-0.39, 0.29) is 11.9 Å². The molecule has 0 radical (unpaired) electrons. The lowest BCUT2D eigenvalue weighted by atomic mass is 10.1. The van der Waals surface area contributed by atoms with Crippen LogP contribution in [0.2, 0.25) is 0 Å². The fourth-order valence-corrected chi connectivity index (χ4v) is 3.12. The quantitative estimate of drug-likeness (QED) is 0.865. The van der Waals surface area contributed by atoms with E-state index in [1.54, 1.807) is 0 Å². The van der Waals surface area contributed by atoms with Crippen molar-refractivity contribution in [1.29, 1.82) is 0 Å². The van der Waals surface area contributed by atoms with E-state index in [2.05, 4.69) is 31.7 Å². The Bertz CT molecular complexity index is 702. The van der Waals surface area contributed by atoms with Crippen molar-refractivity contribution in [3.05, 3.63) is 45.7 Å². The first-order chi connectivity index (χ1) is 11.1. The van der Waals surface area contributed by atoms with Gasteiger partial charge in [0.05, 0.1) is 21.5 Å². The standard InChI is InChI=1S/C17H21BrN4O/c1-11-16(18)12(2)22(21-11)15-7-5-13(6-8-15)17(23)20-14-4-3-9-19-10-14/h5-8,14,19H,3-4,9-10H2,1-2H3,(H,20,23)/t14-/m0/s1. The van der Waals surface area contributed by atoms with Crippen molar-refractivity contribution in [2.24, 2.45) is 0 Å². The number of halogens is 1. The van der Waals surface area contributed by atoms with Gasteiger partial charge in [-0.05, 0) is 73.4 Å². The van der Waals surface area contributed by atoms with Crippen LogP contribution in [0.15, 0.2) is 28.7 Å². The third kappa shape index (κ3) is 3.48. The minimum absolute atomic E-state index is 0.0141. The molecule has 0 spiro atoms. The molecule has 0 unspecified atom stereocenters. The van der Waals surface area contributed by atoms with Crippen LogP contribution in [0.5, 0.6) is 0 Å². The summed E-state index contributed by atoms with van der Waals surface area (Å²) in [6.07, 6.45) is 2.15. The van der Waals surface area contributed by atoms with Crippen LogP contribution in [0.25, 0.3) is 5.69 Å². The molecule has 1 aromatic heterocycles. The largest absolute Gasteiger partial charge is 0.348 e. The summed E-state index contributed by atoms with van der Waals surface area (Å²) in [7, 11) is 0. The molecule has 1 aliphatic rings. The lowest BCUT2D eigenvalue weighted by molar-refractivity contribution is 0.0930. The van der Waals surface area contributed by atoms with E-state index in [1.807, 2.05) is 42.8 Å². The molecule has 0 aliphatic carbocycles. The normalized spacial score (nSPS) is 18.0. The van der Waals surface area contributed by atoms with Crippen LogP contribution >= 0.6 is 15.9 Å². The average Bonchev–Trinajstić information content (AvgIpc) is 2.83. The van der Waals surface area contributed by atoms with E-state index in [0.717, 1.165) is 47.5 Å². The SMILES string of the molecule is Cc1nn(-c2ccc(C(=O)N[C@H]3CCCNC3)cc2)c(C)c1Br. The highest BCUT2D eigenvalue weighted by atomic mass is 79.9. The summed E-state index contributed by atoms with van der Waals surface area (Å²) >= 11 is 3.54. The van der Waals surface area contributed by atoms with Crippen molar-refractivity contribution in [3.8, 4) is 5.69 Å². The molecule has 2 N–H and O–H groups in total. The maximum atomic E-state index is 12.3. The zero-order valence-corrected chi connectivity index (χ0v) is 15.0. The van der Waals surface area contributed by atoms with Crippen LogP contribution in [0.4, 0.5) is 0 Å². The Kier molecular flexibility index (Phi) is 4.82. The van der Waals surface area contributed by atoms with E-state index in [0.29, 0.717) is 5.56 Å². The van der Waals surface area contributed by atoms with Gasteiger partial charge in [0.25, 0.3) is 5.91 Å². The molecule has 122 valence electrons.